The molecule has 0 saturated carbocycles. The van der Waals surface area contributed by atoms with E-state index in [0.29, 0.717) is 12.2 Å². The Morgan fingerprint density at radius 3 is 2.64 bits per heavy atom. The molecular formula is C8H15NO4S. The third kappa shape index (κ3) is 5.69. The molecule has 0 bridgehead atoms. The maximum absolute atomic E-state index is 10.9. The number of aliphatic carboxylic acids is 1. The second-order valence-corrected chi connectivity index (χ2v) is 3.52. The second-order valence-electron chi connectivity index (χ2n) is 2.54. The molecule has 0 aromatic carbocycles. The number of hydrogen-bond donors (Lipinski definition) is 2. The van der Waals surface area contributed by atoms with Crippen molar-refractivity contribution >= 4 is 23.8 Å². The zero-order chi connectivity index (χ0) is 11.0. The molecule has 82 valence electrons. The van der Waals surface area contributed by atoms with Gasteiger partial charge in [0, 0.05) is 0 Å². The van der Waals surface area contributed by atoms with E-state index in [2.05, 4.69) is 10.1 Å². The molecule has 0 aliphatic heterocycles. The maximum atomic E-state index is 10.9. The van der Waals surface area contributed by atoms with Gasteiger partial charge in [0.25, 0.3) is 0 Å². The molecule has 1 atom stereocenters. The highest BCUT2D eigenvalue weighted by atomic mass is 32.2. The van der Waals surface area contributed by atoms with Crippen LogP contribution in [0.1, 0.15) is 13.3 Å². The zero-order valence-corrected chi connectivity index (χ0v) is 9.10. The van der Waals surface area contributed by atoms with Gasteiger partial charge in [-0.25, -0.2) is 9.59 Å². The summed E-state index contributed by atoms with van der Waals surface area (Å²) >= 11 is 1.53. The first-order valence-corrected chi connectivity index (χ1v) is 5.66. The molecule has 0 rings (SSSR count). The van der Waals surface area contributed by atoms with Crippen LogP contribution in [0.3, 0.4) is 0 Å². The molecule has 6 heteroatoms. The fourth-order valence-corrected chi connectivity index (χ4v) is 1.28. The summed E-state index contributed by atoms with van der Waals surface area (Å²) in [6.07, 6.45) is 1.60. The van der Waals surface area contributed by atoms with Crippen molar-refractivity contribution < 1.29 is 19.4 Å². The lowest BCUT2D eigenvalue weighted by Gasteiger charge is -2.13. The molecule has 0 radical (unpaired) electrons. The summed E-state index contributed by atoms with van der Waals surface area (Å²) in [5.41, 5.74) is 0. The van der Waals surface area contributed by atoms with E-state index in [1.807, 2.05) is 6.26 Å². The number of hydrogen-bond acceptors (Lipinski definition) is 4. The van der Waals surface area contributed by atoms with Crippen LogP contribution in [0, 0.1) is 0 Å². The van der Waals surface area contributed by atoms with Crippen molar-refractivity contribution in [3.05, 3.63) is 0 Å². The highest BCUT2D eigenvalue weighted by Gasteiger charge is 2.19. The lowest BCUT2D eigenvalue weighted by atomic mass is 10.2. The standard InChI is InChI=1S/C8H15NO4S/c1-3-13-8(12)9-6(7(10)11)4-5-14-2/h6H,3-5H2,1-2H3,(H,9,12)(H,10,11). The minimum atomic E-state index is -1.04. The highest BCUT2D eigenvalue weighted by molar-refractivity contribution is 7.98. The SMILES string of the molecule is CCOC(=O)NC(CCSC)C(=O)O. The molecule has 0 aromatic heterocycles. The number of ether oxygens (including phenoxy) is 1. The largest absolute Gasteiger partial charge is 0.480 e. The lowest BCUT2D eigenvalue weighted by Crippen LogP contribution is -2.41. The first-order valence-electron chi connectivity index (χ1n) is 4.26. The molecule has 0 aromatic rings. The predicted octanol–water partition coefficient (Wildman–Crippen LogP) is 0.939. The van der Waals surface area contributed by atoms with E-state index in [-0.39, 0.29) is 6.61 Å². The summed E-state index contributed by atoms with van der Waals surface area (Å²) in [4.78, 5) is 21.6. The Balaban J connectivity index is 3.95. The molecule has 1 amide bonds. The maximum Gasteiger partial charge on any atom is 0.407 e. The number of amides is 1. The van der Waals surface area contributed by atoms with Gasteiger partial charge < -0.3 is 15.2 Å². The summed E-state index contributed by atoms with van der Waals surface area (Å²) in [7, 11) is 0. The Kier molecular flexibility index (Phi) is 7.00. The number of nitrogens with one attached hydrogen (secondary N) is 1. The quantitative estimate of drug-likeness (QED) is 0.698. The van der Waals surface area contributed by atoms with Crippen molar-refractivity contribution in [2.45, 2.75) is 19.4 Å². The van der Waals surface area contributed by atoms with Crippen molar-refractivity contribution in [2.24, 2.45) is 0 Å². The Morgan fingerprint density at radius 1 is 1.57 bits per heavy atom. The molecule has 0 aliphatic carbocycles. The smallest absolute Gasteiger partial charge is 0.407 e. The van der Waals surface area contributed by atoms with Crippen molar-refractivity contribution in [3.8, 4) is 0 Å². The zero-order valence-electron chi connectivity index (χ0n) is 8.28. The Labute approximate surface area is 87.2 Å². The summed E-state index contributed by atoms with van der Waals surface area (Å²) in [5.74, 6) is -0.351. The number of carbonyl (C=O) groups is 2. The van der Waals surface area contributed by atoms with Gasteiger partial charge in [0.1, 0.15) is 6.04 Å². The summed E-state index contributed by atoms with van der Waals surface area (Å²) in [5, 5.41) is 11.0. The minimum Gasteiger partial charge on any atom is -0.480 e. The van der Waals surface area contributed by atoms with Crippen molar-refractivity contribution in [3.63, 3.8) is 0 Å². The minimum absolute atomic E-state index is 0.237. The van der Waals surface area contributed by atoms with Crippen LogP contribution < -0.4 is 5.32 Å². The Bertz CT molecular complexity index is 198. The second kappa shape index (κ2) is 7.49. The van der Waals surface area contributed by atoms with Gasteiger partial charge in [-0.05, 0) is 25.4 Å². The number of thioether (sulfide) groups is 1. The third-order valence-corrected chi connectivity index (χ3v) is 2.12. The van der Waals surface area contributed by atoms with Crippen LogP contribution >= 0.6 is 11.8 Å². The molecule has 0 heterocycles. The average Bonchev–Trinajstić information content (AvgIpc) is 2.12. The van der Waals surface area contributed by atoms with Gasteiger partial charge in [-0.1, -0.05) is 0 Å². The number of carboxylic acid groups (broad SMARTS) is 1. The van der Waals surface area contributed by atoms with Gasteiger partial charge >= 0.3 is 12.1 Å². The van der Waals surface area contributed by atoms with Crippen molar-refractivity contribution in [1.29, 1.82) is 0 Å². The third-order valence-electron chi connectivity index (χ3n) is 1.48. The molecular weight excluding hydrogens is 206 g/mol. The van der Waals surface area contributed by atoms with Crippen LogP contribution in [-0.2, 0) is 9.53 Å². The van der Waals surface area contributed by atoms with Crippen LogP contribution in [0.4, 0.5) is 4.79 Å². The van der Waals surface area contributed by atoms with Gasteiger partial charge in [-0.3, -0.25) is 0 Å². The fraction of sp³-hybridized carbons (Fsp3) is 0.750. The van der Waals surface area contributed by atoms with Crippen LogP contribution in [0.5, 0.6) is 0 Å². The lowest BCUT2D eigenvalue weighted by molar-refractivity contribution is -0.139. The molecule has 0 spiro atoms. The van der Waals surface area contributed by atoms with E-state index in [9.17, 15) is 9.59 Å². The van der Waals surface area contributed by atoms with E-state index in [4.69, 9.17) is 5.11 Å². The van der Waals surface area contributed by atoms with Gasteiger partial charge in [-0.15, -0.1) is 0 Å². The van der Waals surface area contributed by atoms with Crippen molar-refractivity contribution in [2.75, 3.05) is 18.6 Å². The Morgan fingerprint density at radius 2 is 2.21 bits per heavy atom. The van der Waals surface area contributed by atoms with Crippen LogP contribution in [-0.4, -0.2) is 41.8 Å². The van der Waals surface area contributed by atoms with E-state index in [1.165, 1.54) is 11.8 Å². The molecule has 2 N–H and O–H groups in total. The van der Waals surface area contributed by atoms with E-state index < -0.39 is 18.1 Å². The van der Waals surface area contributed by atoms with E-state index in [1.54, 1.807) is 6.92 Å². The topological polar surface area (TPSA) is 75.6 Å². The van der Waals surface area contributed by atoms with Gasteiger partial charge in [0.15, 0.2) is 0 Å². The molecule has 0 aliphatic rings. The molecule has 5 nitrogen and oxygen atoms in total. The normalized spacial score (nSPS) is 11.9. The fourth-order valence-electron chi connectivity index (χ4n) is 0.808. The number of alkyl carbamates (subject to hydrolysis) is 1. The van der Waals surface area contributed by atoms with E-state index >= 15 is 0 Å². The van der Waals surface area contributed by atoms with Gasteiger partial charge in [0.2, 0.25) is 0 Å². The highest BCUT2D eigenvalue weighted by Crippen LogP contribution is 2.01. The number of rotatable bonds is 6. The predicted molar refractivity (Wildman–Crippen MR) is 54.6 cm³/mol. The van der Waals surface area contributed by atoms with Gasteiger partial charge in [-0.2, -0.15) is 11.8 Å². The number of carbonyl (C=O) groups excluding carboxylic acids is 1. The Hall–Kier alpha value is -0.910. The van der Waals surface area contributed by atoms with Crippen molar-refractivity contribution in [1.82, 2.24) is 5.32 Å². The average molecular weight is 221 g/mol. The van der Waals surface area contributed by atoms with Crippen LogP contribution in [0.15, 0.2) is 0 Å². The molecule has 14 heavy (non-hydrogen) atoms. The molecule has 1 unspecified atom stereocenters. The monoisotopic (exact) mass is 221 g/mol. The summed E-state index contributed by atoms with van der Waals surface area (Å²) < 4.78 is 4.58. The molecule has 0 saturated heterocycles. The number of carboxylic acids is 1. The summed E-state index contributed by atoms with van der Waals surface area (Å²) in [6, 6.07) is -0.860. The van der Waals surface area contributed by atoms with Gasteiger partial charge in [0.05, 0.1) is 6.61 Å². The first kappa shape index (κ1) is 13.1. The van der Waals surface area contributed by atoms with E-state index in [0.717, 1.165) is 0 Å². The van der Waals surface area contributed by atoms with Crippen LogP contribution in [0.25, 0.3) is 0 Å². The summed E-state index contributed by atoms with van der Waals surface area (Å²) in [6.45, 7) is 1.90. The molecule has 0 fully saturated rings. The van der Waals surface area contributed by atoms with Crippen LogP contribution in [0.2, 0.25) is 0 Å². The first-order chi connectivity index (χ1) is 6.61.